The maximum atomic E-state index is 12.1. The number of nitrogens with zero attached hydrogens (tertiary/aromatic N) is 3. The minimum absolute atomic E-state index is 0.0259. The number of benzene rings is 1. The van der Waals surface area contributed by atoms with Crippen LogP contribution in [0.3, 0.4) is 0 Å². The van der Waals surface area contributed by atoms with Crippen LogP contribution >= 0.6 is 0 Å². The van der Waals surface area contributed by atoms with Crippen LogP contribution in [0.25, 0.3) is 27.9 Å². The fraction of sp³-hybridized carbons (Fsp3) is 0.280. The summed E-state index contributed by atoms with van der Waals surface area (Å²) in [6.07, 6.45) is 5.80. The van der Waals surface area contributed by atoms with Crippen LogP contribution in [0.15, 0.2) is 48.8 Å². The largest absolute Gasteiger partial charge is 0.383 e. The normalized spacial score (nSPS) is 15.7. The quantitative estimate of drug-likeness (QED) is 0.520. The fourth-order valence-corrected chi connectivity index (χ4v) is 4.38. The number of aromatic nitrogens is 3. The van der Waals surface area contributed by atoms with Gasteiger partial charge in [0, 0.05) is 36.8 Å². The number of anilines is 2. The number of fused-ring (bicyclic) bond motifs is 1. The van der Waals surface area contributed by atoms with E-state index >= 15 is 0 Å². The smallest absolute Gasteiger partial charge is 0.250 e. The second-order valence-electron chi connectivity index (χ2n) is 8.37. The summed E-state index contributed by atoms with van der Waals surface area (Å²) in [5, 5.41) is 6.40. The lowest BCUT2D eigenvalue weighted by Crippen LogP contribution is -2.28. The van der Waals surface area contributed by atoms with E-state index in [1.807, 2.05) is 35.9 Å². The lowest BCUT2D eigenvalue weighted by atomic mass is 9.84. The Morgan fingerprint density at radius 2 is 1.94 bits per heavy atom. The second kappa shape index (κ2) is 8.90. The Labute approximate surface area is 192 Å². The SMILES string of the molecule is C=C(C)C(=O)Nc1ccc(-c2c(C3=CCC(C(=O)NC)CC3)c3c(N)ncnc3n2C)cc1. The lowest BCUT2D eigenvalue weighted by molar-refractivity contribution is -0.124. The highest BCUT2D eigenvalue weighted by atomic mass is 16.2. The molecule has 0 bridgehead atoms. The Morgan fingerprint density at radius 3 is 2.55 bits per heavy atom. The third-order valence-corrected chi connectivity index (χ3v) is 6.15. The number of hydrogen-bond acceptors (Lipinski definition) is 5. The molecule has 0 aliphatic heterocycles. The van der Waals surface area contributed by atoms with Gasteiger partial charge in [0.05, 0.1) is 11.1 Å². The maximum absolute atomic E-state index is 12.1. The van der Waals surface area contributed by atoms with E-state index in [9.17, 15) is 9.59 Å². The van der Waals surface area contributed by atoms with Crippen LogP contribution in [-0.2, 0) is 16.6 Å². The van der Waals surface area contributed by atoms with E-state index in [1.54, 1.807) is 14.0 Å². The van der Waals surface area contributed by atoms with Gasteiger partial charge >= 0.3 is 0 Å². The van der Waals surface area contributed by atoms with E-state index < -0.39 is 0 Å². The molecule has 0 spiro atoms. The lowest BCUT2D eigenvalue weighted by Gasteiger charge is -2.21. The van der Waals surface area contributed by atoms with Gasteiger partial charge in [-0.1, -0.05) is 24.8 Å². The van der Waals surface area contributed by atoms with Crippen LogP contribution in [-0.4, -0.2) is 33.4 Å². The first-order valence-electron chi connectivity index (χ1n) is 10.9. The summed E-state index contributed by atoms with van der Waals surface area (Å²) in [7, 11) is 3.63. The fourth-order valence-electron chi connectivity index (χ4n) is 4.38. The number of allylic oxidation sites excluding steroid dienone is 2. The van der Waals surface area contributed by atoms with Crippen molar-refractivity contribution in [1.82, 2.24) is 19.9 Å². The molecule has 33 heavy (non-hydrogen) atoms. The van der Waals surface area contributed by atoms with Gasteiger partial charge in [-0.2, -0.15) is 0 Å². The van der Waals surface area contributed by atoms with Crippen LogP contribution < -0.4 is 16.4 Å². The molecule has 4 rings (SSSR count). The average Bonchev–Trinajstić information content (AvgIpc) is 3.12. The molecule has 0 radical (unpaired) electrons. The van der Waals surface area contributed by atoms with Crippen molar-refractivity contribution in [2.24, 2.45) is 13.0 Å². The highest BCUT2D eigenvalue weighted by molar-refractivity contribution is 6.05. The molecule has 1 aromatic carbocycles. The molecule has 4 N–H and O–H groups in total. The van der Waals surface area contributed by atoms with Crippen LogP contribution in [0.4, 0.5) is 11.5 Å². The zero-order valence-electron chi connectivity index (χ0n) is 19.1. The summed E-state index contributed by atoms with van der Waals surface area (Å²) in [5.74, 6) is 0.256. The van der Waals surface area contributed by atoms with Crippen molar-refractivity contribution in [2.75, 3.05) is 18.1 Å². The number of hydrogen-bond donors (Lipinski definition) is 3. The molecule has 1 atom stereocenters. The number of amides is 2. The first kappa shape index (κ1) is 22.3. The Balaban J connectivity index is 1.81. The summed E-state index contributed by atoms with van der Waals surface area (Å²) in [5.41, 5.74) is 12.3. The van der Waals surface area contributed by atoms with Gasteiger partial charge in [-0.3, -0.25) is 9.59 Å². The number of nitrogens with one attached hydrogen (secondary N) is 2. The van der Waals surface area contributed by atoms with Crippen molar-refractivity contribution >= 4 is 39.9 Å². The first-order chi connectivity index (χ1) is 15.8. The monoisotopic (exact) mass is 444 g/mol. The summed E-state index contributed by atoms with van der Waals surface area (Å²) in [6.45, 7) is 5.34. The average molecular weight is 445 g/mol. The van der Waals surface area contributed by atoms with Gasteiger partial charge < -0.3 is 20.9 Å². The summed E-state index contributed by atoms with van der Waals surface area (Å²) >= 11 is 0. The predicted molar refractivity (Wildman–Crippen MR) is 131 cm³/mol. The van der Waals surface area contributed by atoms with Crippen molar-refractivity contribution in [1.29, 1.82) is 0 Å². The highest BCUT2D eigenvalue weighted by Crippen LogP contribution is 2.42. The van der Waals surface area contributed by atoms with Crippen LogP contribution in [0.1, 0.15) is 31.7 Å². The molecule has 0 saturated carbocycles. The Hall–Kier alpha value is -3.94. The topological polar surface area (TPSA) is 115 Å². The molecule has 170 valence electrons. The van der Waals surface area contributed by atoms with Crippen LogP contribution in [0.5, 0.6) is 0 Å². The van der Waals surface area contributed by atoms with Gasteiger partial charge in [0.2, 0.25) is 5.91 Å². The molecule has 1 aliphatic carbocycles. The van der Waals surface area contributed by atoms with Crippen molar-refractivity contribution in [2.45, 2.75) is 26.2 Å². The van der Waals surface area contributed by atoms with Crippen molar-refractivity contribution in [3.63, 3.8) is 0 Å². The number of aryl methyl sites for hydroxylation is 1. The first-order valence-corrected chi connectivity index (χ1v) is 10.9. The zero-order valence-corrected chi connectivity index (χ0v) is 19.1. The van der Waals surface area contributed by atoms with Gasteiger partial charge in [0.25, 0.3) is 5.91 Å². The maximum Gasteiger partial charge on any atom is 0.250 e. The molecule has 8 nitrogen and oxygen atoms in total. The molecule has 1 unspecified atom stereocenters. The third kappa shape index (κ3) is 4.11. The molecule has 0 saturated heterocycles. The molecule has 2 amide bonds. The van der Waals surface area contributed by atoms with E-state index in [0.717, 1.165) is 46.3 Å². The number of nitrogens with two attached hydrogens (primary N) is 1. The minimum Gasteiger partial charge on any atom is -0.383 e. The molecular weight excluding hydrogens is 416 g/mol. The summed E-state index contributed by atoms with van der Waals surface area (Å²) in [4.78, 5) is 32.8. The highest BCUT2D eigenvalue weighted by Gasteiger charge is 2.27. The van der Waals surface area contributed by atoms with E-state index in [-0.39, 0.29) is 17.7 Å². The predicted octanol–water partition coefficient (Wildman–Crippen LogP) is 3.66. The van der Waals surface area contributed by atoms with Crippen molar-refractivity contribution in [3.05, 3.63) is 54.4 Å². The molecule has 1 aliphatic rings. The van der Waals surface area contributed by atoms with Gasteiger partial charge in [-0.15, -0.1) is 0 Å². The van der Waals surface area contributed by atoms with Crippen LogP contribution in [0, 0.1) is 5.92 Å². The van der Waals surface area contributed by atoms with E-state index in [0.29, 0.717) is 23.5 Å². The third-order valence-electron chi connectivity index (χ3n) is 6.15. The molecule has 8 heteroatoms. The van der Waals surface area contributed by atoms with E-state index in [2.05, 4.69) is 33.3 Å². The van der Waals surface area contributed by atoms with Gasteiger partial charge in [0.1, 0.15) is 17.8 Å². The van der Waals surface area contributed by atoms with E-state index in [4.69, 9.17) is 5.73 Å². The molecular formula is C25H28N6O2. The van der Waals surface area contributed by atoms with Gasteiger partial charge in [-0.25, -0.2) is 9.97 Å². The van der Waals surface area contributed by atoms with Crippen molar-refractivity contribution in [3.8, 4) is 11.3 Å². The zero-order chi connectivity index (χ0) is 23.7. The van der Waals surface area contributed by atoms with Gasteiger partial charge in [0.15, 0.2) is 0 Å². The number of nitrogen functional groups attached to an aromatic ring is 1. The Morgan fingerprint density at radius 1 is 1.21 bits per heavy atom. The Kier molecular flexibility index (Phi) is 6.00. The summed E-state index contributed by atoms with van der Waals surface area (Å²) < 4.78 is 2.02. The second-order valence-corrected chi connectivity index (χ2v) is 8.37. The molecule has 3 aromatic rings. The molecule has 0 fully saturated rings. The van der Waals surface area contributed by atoms with Gasteiger partial charge in [-0.05, 0) is 49.5 Å². The number of carbonyl (C=O) groups excluding carboxylic acids is 2. The Bertz CT molecular complexity index is 1290. The molecule has 2 aromatic heterocycles. The van der Waals surface area contributed by atoms with Crippen molar-refractivity contribution < 1.29 is 9.59 Å². The van der Waals surface area contributed by atoms with Crippen LogP contribution in [0.2, 0.25) is 0 Å². The van der Waals surface area contributed by atoms with E-state index in [1.165, 1.54) is 6.33 Å². The minimum atomic E-state index is -0.214. The number of rotatable bonds is 5. The molecule has 2 heterocycles. The standard InChI is InChI=1S/C25H28N6O2/c1-14(2)24(32)30-18-11-9-16(10-12-18)21-19(15-5-7-17(8-6-15)25(33)27-3)20-22(26)28-13-29-23(20)31(21)4/h5,9-13,17H,1,6-8H2,2-4H3,(H,27,33)(H,30,32)(H2,26,28,29). The summed E-state index contributed by atoms with van der Waals surface area (Å²) in [6, 6.07) is 7.66. The number of carbonyl (C=O) groups is 2.